The summed E-state index contributed by atoms with van der Waals surface area (Å²) in [7, 11) is 1.27. The summed E-state index contributed by atoms with van der Waals surface area (Å²) in [6, 6.07) is 3.11. The maximum absolute atomic E-state index is 10.9. The molecule has 0 aromatic carbocycles. The van der Waals surface area contributed by atoms with Crippen LogP contribution >= 0.6 is 0 Å². The van der Waals surface area contributed by atoms with Gasteiger partial charge in [-0.3, -0.25) is 9.36 Å². The van der Waals surface area contributed by atoms with Crippen molar-refractivity contribution in [2.75, 3.05) is 7.11 Å². The summed E-state index contributed by atoms with van der Waals surface area (Å²) in [5, 5.41) is 0. The molecule has 0 aliphatic heterocycles. The molecule has 2 rings (SSSR count). The zero-order valence-electron chi connectivity index (χ0n) is 8.81. The van der Waals surface area contributed by atoms with Crippen molar-refractivity contribution < 1.29 is 14.3 Å². The van der Waals surface area contributed by atoms with E-state index in [4.69, 9.17) is 0 Å². The predicted molar refractivity (Wildman–Crippen MR) is 56.4 cm³/mol. The number of hydrogen-bond acceptors (Lipinski definition) is 3. The van der Waals surface area contributed by atoms with Gasteiger partial charge in [0, 0.05) is 6.20 Å². The zero-order chi connectivity index (χ0) is 11.1. The molecule has 4 heteroatoms. The Morgan fingerprint density at radius 2 is 2.00 bits per heavy atom. The monoisotopic (exact) mass is 209 g/mol. The first kappa shape index (κ1) is 11.5. The van der Waals surface area contributed by atoms with E-state index in [9.17, 15) is 9.59 Å². The quantitative estimate of drug-likeness (QED) is 0.552. The fourth-order valence-corrected chi connectivity index (χ4v) is 1.01. The molecular formula is C11H15NO3. The molecule has 0 N–H and O–H groups in total. The molecule has 4 nitrogen and oxygen atoms in total. The van der Waals surface area contributed by atoms with Crippen molar-refractivity contribution >= 4 is 12.4 Å². The van der Waals surface area contributed by atoms with Crippen LogP contribution in [0, 0.1) is 0 Å². The number of carbonyl (C=O) groups excluding carboxylic acids is 2. The molecule has 82 valence electrons. The summed E-state index contributed by atoms with van der Waals surface area (Å²) in [6.45, 7) is 0. The maximum Gasteiger partial charge on any atom is 0.355 e. The first-order valence-corrected chi connectivity index (χ1v) is 5.00. The van der Waals surface area contributed by atoms with Crippen LogP contribution in [0.3, 0.4) is 0 Å². The number of rotatable bonds is 2. The number of nitrogens with zero attached hydrogens (tertiary/aromatic N) is 1. The molecule has 0 bridgehead atoms. The van der Waals surface area contributed by atoms with Gasteiger partial charge in [0.05, 0.1) is 7.11 Å². The Morgan fingerprint density at radius 3 is 2.40 bits per heavy atom. The largest absolute Gasteiger partial charge is 0.464 e. The van der Waals surface area contributed by atoms with Crippen molar-refractivity contribution in [3.05, 3.63) is 24.0 Å². The lowest BCUT2D eigenvalue weighted by Gasteiger charge is -2.05. The molecule has 1 saturated carbocycles. The van der Waals surface area contributed by atoms with Crippen LogP contribution in [0.2, 0.25) is 0 Å². The van der Waals surface area contributed by atoms with Crippen molar-refractivity contribution in [3.63, 3.8) is 0 Å². The van der Waals surface area contributed by atoms with E-state index < -0.39 is 5.97 Å². The van der Waals surface area contributed by atoms with Crippen molar-refractivity contribution in [1.29, 1.82) is 0 Å². The van der Waals surface area contributed by atoms with Gasteiger partial charge < -0.3 is 4.74 Å². The van der Waals surface area contributed by atoms with Gasteiger partial charge in [0.1, 0.15) is 5.69 Å². The highest BCUT2D eigenvalue weighted by atomic mass is 16.5. The molecule has 0 radical (unpaired) electrons. The lowest BCUT2D eigenvalue weighted by atomic mass is 10.0. The summed E-state index contributed by atoms with van der Waals surface area (Å²) in [5.74, 6) is -0.512. The van der Waals surface area contributed by atoms with Crippen LogP contribution in [0.15, 0.2) is 18.3 Å². The summed E-state index contributed by atoms with van der Waals surface area (Å²) in [5.41, 5.74) is 0.238. The van der Waals surface area contributed by atoms with Gasteiger partial charge in [-0.25, -0.2) is 4.79 Å². The van der Waals surface area contributed by atoms with Crippen LogP contribution in [0.1, 0.15) is 36.2 Å². The predicted octanol–water partition coefficient (Wildman–Crippen LogP) is 1.87. The molecule has 1 fully saturated rings. The van der Waals surface area contributed by atoms with E-state index in [0.29, 0.717) is 6.41 Å². The second-order valence-electron chi connectivity index (χ2n) is 3.31. The summed E-state index contributed by atoms with van der Waals surface area (Å²) < 4.78 is 5.58. The van der Waals surface area contributed by atoms with E-state index in [1.54, 1.807) is 6.07 Å². The molecule has 15 heavy (non-hydrogen) atoms. The third-order valence-electron chi connectivity index (χ3n) is 2.29. The van der Waals surface area contributed by atoms with E-state index in [0.717, 1.165) is 4.57 Å². The van der Waals surface area contributed by atoms with E-state index in [1.165, 1.54) is 45.1 Å². The van der Waals surface area contributed by atoms with Crippen LogP contribution in [-0.4, -0.2) is 24.1 Å². The zero-order valence-corrected chi connectivity index (χ0v) is 8.81. The van der Waals surface area contributed by atoms with Gasteiger partial charge in [0.25, 0.3) is 0 Å². The molecular weight excluding hydrogens is 194 g/mol. The number of aromatic nitrogens is 1. The average molecular weight is 209 g/mol. The first-order valence-electron chi connectivity index (χ1n) is 5.00. The number of carbonyl (C=O) groups is 2. The standard InChI is InChI=1S/C7H7NO3.C4H8/c1-11-7(10)6-3-2-4-8(6)5-9;1-2-4-3-1/h2-5H,1H3;1-4H2. The molecule has 0 atom stereocenters. The molecule has 1 aliphatic carbocycles. The SMILES string of the molecule is C1CCC1.COC(=O)c1cccn1C=O. The van der Waals surface area contributed by atoms with Gasteiger partial charge in [0.15, 0.2) is 0 Å². The molecule has 1 aliphatic rings. The van der Waals surface area contributed by atoms with Crippen LogP contribution in [0.25, 0.3) is 0 Å². The minimum atomic E-state index is -0.512. The van der Waals surface area contributed by atoms with Gasteiger partial charge >= 0.3 is 5.97 Å². The second kappa shape index (κ2) is 6.01. The third kappa shape index (κ3) is 3.23. The van der Waals surface area contributed by atoms with E-state index in [2.05, 4.69) is 4.74 Å². The Balaban J connectivity index is 0.000000234. The molecule has 0 amide bonds. The lowest BCUT2D eigenvalue weighted by molar-refractivity contribution is 0.0592. The highest BCUT2D eigenvalue weighted by molar-refractivity contribution is 5.89. The average Bonchev–Trinajstić information content (AvgIpc) is 2.61. The van der Waals surface area contributed by atoms with E-state index >= 15 is 0 Å². The topological polar surface area (TPSA) is 48.3 Å². The molecule has 1 aromatic heterocycles. The number of methoxy groups -OCH3 is 1. The Labute approximate surface area is 88.8 Å². The van der Waals surface area contributed by atoms with E-state index in [1.807, 2.05) is 0 Å². The van der Waals surface area contributed by atoms with Crippen LogP contribution in [0.4, 0.5) is 0 Å². The smallest absolute Gasteiger partial charge is 0.355 e. The molecule has 1 aromatic rings. The van der Waals surface area contributed by atoms with Crippen molar-refractivity contribution in [1.82, 2.24) is 4.57 Å². The summed E-state index contributed by atoms with van der Waals surface area (Å²) >= 11 is 0. The normalized spacial score (nSPS) is 13.1. The summed E-state index contributed by atoms with van der Waals surface area (Å²) in [6.07, 6.45) is 8.03. The van der Waals surface area contributed by atoms with Crippen LogP contribution in [0.5, 0.6) is 0 Å². The molecule has 0 spiro atoms. The fourth-order valence-electron chi connectivity index (χ4n) is 1.01. The lowest BCUT2D eigenvalue weighted by Crippen LogP contribution is -2.08. The van der Waals surface area contributed by atoms with Crippen LogP contribution in [-0.2, 0) is 9.53 Å². The Morgan fingerprint density at radius 1 is 1.40 bits per heavy atom. The summed E-state index contributed by atoms with van der Waals surface area (Å²) in [4.78, 5) is 21.1. The van der Waals surface area contributed by atoms with Gasteiger partial charge in [0.2, 0.25) is 6.41 Å². The molecule has 0 unspecified atom stereocenters. The van der Waals surface area contributed by atoms with Crippen LogP contribution < -0.4 is 0 Å². The van der Waals surface area contributed by atoms with Crippen molar-refractivity contribution in [2.45, 2.75) is 25.7 Å². The number of hydrogen-bond donors (Lipinski definition) is 0. The minimum Gasteiger partial charge on any atom is -0.464 e. The fraction of sp³-hybridized carbons (Fsp3) is 0.455. The van der Waals surface area contributed by atoms with Gasteiger partial charge in [-0.2, -0.15) is 0 Å². The second-order valence-corrected chi connectivity index (χ2v) is 3.31. The Hall–Kier alpha value is -1.58. The highest BCUT2D eigenvalue weighted by Gasteiger charge is 2.08. The third-order valence-corrected chi connectivity index (χ3v) is 2.29. The molecule has 0 saturated heterocycles. The molecule has 1 heterocycles. The first-order chi connectivity index (χ1) is 7.29. The number of ether oxygens (including phenoxy) is 1. The number of esters is 1. The van der Waals surface area contributed by atoms with Gasteiger partial charge in [-0.1, -0.05) is 25.7 Å². The van der Waals surface area contributed by atoms with Crippen molar-refractivity contribution in [2.24, 2.45) is 0 Å². The van der Waals surface area contributed by atoms with Crippen molar-refractivity contribution in [3.8, 4) is 0 Å². The van der Waals surface area contributed by atoms with E-state index in [-0.39, 0.29) is 5.69 Å². The maximum atomic E-state index is 10.9. The highest BCUT2D eigenvalue weighted by Crippen LogP contribution is 2.15. The van der Waals surface area contributed by atoms with Gasteiger partial charge in [-0.05, 0) is 12.1 Å². The minimum absolute atomic E-state index is 0.238. The Bertz CT molecular complexity index is 322. The Kier molecular flexibility index (Phi) is 4.60. The van der Waals surface area contributed by atoms with Gasteiger partial charge in [-0.15, -0.1) is 0 Å².